The highest BCUT2D eigenvalue weighted by Crippen LogP contribution is 2.48. The summed E-state index contributed by atoms with van der Waals surface area (Å²) in [7, 11) is -0.305. The van der Waals surface area contributed by atoms with Crippen molar-refractivity contribution in [3.63, 3.8) is 0 Å². The summed E-state index contributed by atoms with van der Waals surface area (Å²) in [6, 6.07) is 8.26. The van der Waals surface area contributed by atoms with Crippen LogP contribution in [0.3, 0.4) is 0 Å². The third kappa shape index (κ3) is 8.48. The van der Waals surface area contributed by atoms with Crippen molar-refractivity contribution in [1.82, 2.24) is 24.8 Å². The zero-order valence-corrected chi connectivity index (χ0v) is 26.8. The molecule has 1 aromatic carbocycles. The number of nitrogens with one attached hydrogen (secondary N) is 1. The highest BCUT2D eigenvalue weighted by Gasteiger charge is 2.66. The monoisotopic (exact) mass is 678 g/mol. The van der Waals surface area contributed by atoms with Crippen LogP contribution in [0.4, 0.5) is 14.7 Å². The number of benzene rings is 1. The Morgan fingerprint density at radius 2 is 2.00 bits per heavy atom. The number of aromatic nitrogens is 4. The van der Waals surface area contributed by atoms with Gasteiger partial charge in [-0.05, 0) is 51.7 Å². The largest absolute Gasteiger partial charge is 0.476 e. The summed E-state index contributed by atoms with van der Waals surface area (Å²) >= 11 is 0. The maximum Gasteiger partial charge on any atom is 0.395 e. The number of para-hydroxylation sites is 1. The Kier molecular flexibility index (Phi) is 12.4. The molecule has 1 aliphatic carbocycles. The number of nitrogens with zero attached hydrogens (tertiary/aromatic N) is 4. The Labute approximate surface area is 271 Å². The Morgan fingerprint density at radius 1 is 1.28 bits per heavy atom. The number of anilines is 1. The molecule has 1 aliphatic heterocycles. The molecule has 17 heteroatoms. The smallest absolute Gasteiger partial charge is 0.395 e. The van der Waals surface area contributed by atoms with Crippen LogP contribution in [0.15, 0.2) is 36.7 Å². The van der Waals surface area contributed by atoms with E-state index in [4.69, 9.17) is 31.1 Å². The lowest BCUT2D eigenvalue weighted by atomic mass is 9.96. The fraction of sp³-hybridized carbons (Fsp3) is 0.533. The third-order valence-corrected chi connectivity index (χ3v) is 7.79. The highest BCUT2D eigenvalue weighted by molar-refractivity contribution is 7.17. The molecular formula is C30H37F2N6O8P. The number of aliphatic hydroxyl groups excluding tert-OH is 1. The average Bonchev–Trinajstić information content (AvgIpc) is 3.57. The Hall–Kier alpha value is -4.00. The topological polar surface area (TPSA) is 182 Å². The van der Waals surface area contributed by atoms with Crippen molar-refractivity contribution in [3.8, 4) is 24.0 Å². The first-order valence-corrected chi connectivity index (χ1v) is 15.7. The predicted molar refractivity (Wildman–Crippen MR) is 165 cm³/mol. The number of hydrogen-bond donors (Lipinski definition) is 3. The summed E-state index contributed by atoms with van der Waals surface area (Å²) in [5.74, 6) is -1.25. The number of carbonyl (C=O) groups excluding carboxylic acids is 1. The molecule has 3 aromatic rings. The molecule has 47 heavy (non-hydrogen) atoms. The fourth-order valence-electron chi connectivity index (χ4n) is 5.05. The van der Waals surface area contributed by atoms with E-state index in [2.05, 4.69) is 24.8 Å². The average molecular weight is 679 g/mol. The number of hydrogen-bond acceptors (Lipinski definition) is 13. The van der Waals surface area contributed by atoms with E-state index in [1.165, 1.54) is 0 Å². The number of carbonyl (C=O) groups is 1. The standard InChI is InChI=1S/C24H32F2N6O6.C6H5O2P/c1-4-23(25)20(34)24(26,11-35-13-29-14(3)19(33)37-15-9-7-6-8-10-15)38-21(23)32-12-28-16-17(32)30-22(27)31-18(16)36-5-2;7-9-8-6-4-2-1-3-5-6/h1,12,14-15,20-21,29,34H,5-11,13H2,2-3H3,(H2,27,30,31);1-5H/t14?,20-,21+,23+,24+;/m0./s1. The summed E-state index contributed by atoms with van der Waals surface area (Å²) in [6.07, 6.45) is 6.89. The van der Waals surface area contributed by atoms with Crippen molar-refractivity contribution in [1.29, 1.82) is 0 Å². The van der Waals surface area contributed by atoms with E-state index in [1.54, 1.807) is 31.9 Å². The predicted octanol–water partition coefficient (Wildman–Crippen LogP) is 3.80. The van der Waals surface area contributed by atoms with Gasteiger partial charge in [-0.25, -0.2) is 18.3 Å². The van der Waals surface area contributed by atoms with E-state index in [-0.39, 0.29) is 51.1 Å². The molecule has 5 rings (SSSR count). The molecule has 3 heterocycles. The lowest BCUT2D eigenvalue weighted by Gasteiger charge is -2.25. The maximum atomic E-state index is 15.9. The first kappa shape index (κ1) is 35.8. The van der Waals surface area contributed by atoms with Gasteiger partial charge in [-0.2, -0.15) is 9.97 Å². The number of ether oxygens (including phenoxy) is 4. The Morgan fingerprint density at radius 3 is 2.66 bits per heavy atom. The van der Waals surface area contributed by atoms with Crippen molar-refractivity contribution in [2.75, 3.05) is 25.7 Å². The normalized spacial score (nSPS) is 25.0. The molecule has 2 fully saturated rings. The van der Waals surface area contributed by atoms with Gasteiger partial charge in [-0.15, -0.1) is 6.42 Å². The van der Waals surface area contributed by atoms with Crippen molar-refractivity contribution in [2.45, 2.75) is 82.0 Å². The van der Waals surface area contributed by atoms with Crippen LogP contribution in [0, 0.1) is 12.3 Å². The number of aliphatic hydroxyl groups is 1. The second kappa shape index (κ2) is 16.2. The number of nitrogen functional groups attached to an aromatic ring is 1. The summed E-state index contributed by atoms with van der Waals surface area (Å²) in [6.45, 7) is 2.33. The summed E-state index contributed by atoms with van der Waals surface area (Å²) in [4.78, 5) is 24.4. The molecule has 4 N–H and O–H groups in total. The van der Waals surface area contributed by atoms with Gasteiger partial charge in [0, 0.05) is 0 Å². The van der Waals surface area contributed by atoms with Gasteiger partial charge >= 0.3 is 14.7 Å². The zero-order chi connectivity index (χ0) is 34.0. The molecule has 1 unspecified atom stereocenters. The van der Waals surface area contributed by atoms with E-state index in [1.807, 2.05) is 18.2 Å². The Balaban J connectivity index is 0.000000479. The van der Waals surface area contributed by atoms with Crippen LogP contribution in [0.2, 0.25) is 0 Å². The molecule has 0 spiro atoms. The molecule has 1 saturated carbocycles. The van der Waals surface area contributed by atoms with E-state index in [0.29, 0.717) is 5.75 Å². The fourth-order valence-corrected chi connectivity index (χ4v) is 5.26. The molecular weight excluding hydrogens is 641 g/mol. The van der Waals surface area contributed by atoms with Crippen molar-refractivity contribution in [3.05, 3.63) is 36.7 Å². The number of halogens is 2. The maximum absolute atomic E-state index is 15.9. The van der Waals surface area contributed by atoms with E-state index >= 15 is 8.78 Å². The zero-order valence-electron chi connectivity index (χ0n) is 25.9. The lowest BCUT2D eigenvalue weighted by Crippen LogP contribution is -2.48. The molecule has 1 saturated heterocycles. The number of imidazole rings is 1. The number of alkyl halides is 2. The van der Waals surface area contributed by atoms with Gasteiger partial charge in [0.2, 0.25) is 17.5 Å². The molecule has 5 atom stereocenters. The molecule has 14 nitrogen and oxygen atoms in total. The molecule has 0 bridgehead atoms. The molecule has 2 aromatic heterocycles. The Bertz CT molecular complexity index is 1540. The van der Waals surface area contributed by atoms with Crippen molar-refractivity contribution < 1.29 is 46.7 Å². The van der Waals surface area contributed by atoms with E-state index in [9.17, 15) is 14.5 Å². The van der Waals surface area contributed by atoms with Crippen LogP contribution < -0.4 is 20.3 Å². The van der Waals surface area contributed by atoms with Gasteiger partial charge in [-0.1, -0.05) is 30.5 Å². The minimum atomic E-state index is -3.04. The SMILES string of the molecule is C#C[C@]1(F)[C@H](n2cnc3c(OCC)nc(N)nc32)O[C@](F)(COCNC(C)C(=O)OC2CCCCC2)[C@H]1O.O=POc1ccccc1. The van der Waals surface area contributed by atoms with E-state index in [0.717, 1.165) is 43.0 Å². The first-order chi connectivity index (χ1) is 22.6. The van der Waals surface area contributed by atoms with E-state index < -0.39 is 42.5 Å². The number of esters is 1. The van der Waals surface area contributed by atoms with Crippen LogP contribution in [-0.2, 0) is 23.6 Å². The minimum Gasteiger partial charge on any atom is -0.476 e. The number of nitrogens with two attached hydrogens (primary N) is 1. The van der Waals surface area contributed by atoms with Crippen LogP contribution >= 0.6 is 8.69 Å². The van der Waals surface area contributed by atoms with Gasteiger partial charge in [0.15, 0.2) is 23.5 Å². The van der Waals surface area contributed by atoms with Crippen LogP contribution in [0.5, 0.6) is 11.6 Å². The van der Waals surface area contributed by atoms with Gasteiger partial charge in [0.05, 0.1) is 19.7 Å². The van der Waals surface area contributed by atoms with Crippen molar-refractivity contribution in [2.24, 2.45) is 0 Å². The van der Waals surface area contributed by atoms with Gasteiger partial charge in [0.25, 0.3) is 5.85 Å². The van der Waals surface area contributed by atoms with Crippen molar-refractivity contribution >= 4 is 31.8 Å². The molecule has 0 radical (unpaired) electrons. The number of rotatable bonds is 12. The number of fused-ring (bicyclic) bond motifs is 1. The van der Waals surface area contributed by atoms with Crippen LogP contribution in [-0.4, -0.2) is 80.3 Å². The molecule has 2 aliphatic rings. The van der Waals surface area contributed by atoms with Gasteiger partial charge in [0.1, 0.15) is 24.5 Å². The molecule has 0 amide bonds. The quantitative estimate of drug-likeness (QED) is 0.0828. The highest BCUT2D eigenvalue weighted by atomic mass is 31.1. The first-order valence-electron chi connectivity index (χ1n) is 15.0. The van der Waals surface area contributed by atoms with Crippen LogP contribution in [0.1, 0.15) is 52.2 Å². The minimum absolute atomic E-state index is 0.0347. The summed E-state index contributed by atoms with van der Waals surface area (Å²) in [5.41, 5.74) is 2.79. The van der Waals surface area contributed by atoms with Crippen LogP contribution in [0.25, 0.3) is 11.2 Å². The molecule has 254 valence electrons. The van der Waals surface area contributed by atoms with Gasteiger partial charge < -0.3 is 34.3 Å². The second-order valence-corrected chi connectivity index (χ2v) is 11.1. The summed E-state index contributed by atoms with van der Waals surface area (Å²) < 4.78 is 68.5. The summed E-state index contributed by atoms with van der Waals surface area (Å²) in [5, 5.41) is 13.3. The number of terminal acetylenes is 1. The third-order valence-electron chi connectivity index (χ3n) is 7.50. The van der Waals surface area contributed by atoms with Gasteiger partial charge in [-0.3, -0.25) is 14.7 Å². The second-order valence-electron chi connectivity index (χ2n) is 10.8. The lowest BCUT2D eigenvalue weighted by molar-refractivity contribution is -0.216.